The van der Waals surface area contributed by atoms with Crippen LogP contribution < -0.4 is 17.0 Å². The molecule has 0 bridgehead atoms. The second-order valence-electron chi connectivity index (χ2n) is 1.08. The van der Waals surface area contributed by atoms with Crippen molar-refractivity contribution in [2.24, 2.45) is 4.99 Å². The summed E-state index contributed by atoms with van der Waals surface area (Å²) < 4.78 is 0. The third kappa shape index (κ3) is 5.05. The van der Waals surface area contributed by atoms with E-state index >= 15 is 0 Å². The monoisotopic (exact) mass is 255 g/mol. The van der Waals surface area contributed by atoms with E-state index in [2.05, 4.69) is 10.7 Å². The molecule has 0 aromatic heterocycles. The number of aliphatic imine (C=N–C) groups is 1. The zero-order valence-corrected chi connectivity index (χ0v) is 9.95. The second kappa shape index (κ2) is 6.70. The van der Waals surface area contributed by atoms with Gasteiger partial charge in [-0.1, -0.05) is 11.6 Å². The van der Waals surface area contributed by atoms with E-state index in [0.717, 1.165) is 0 Å². The zero-order valence-electron chi connectivity index (χ0n) is 4.64. The second-order valence-corrected chi connectivity index (χ2v) is 1.47. The van der Waals surface area contributed by atoms with Crippen molar-refractivity contribution in [1.82, 2.24) is 0 Å². The Morgan fingerprint density at radius 3 is 2.44 bits per heavy atom. The Morgan fingerprint density at radius 1 is 1.56 bits per heavy atom. The Kier molecular flexibility index (Phi) is 9.14. The van der Waals surface area contributed by atoms with Gasteiger partial charge in [-0.2, -0.15) is 0 Å². The molecule has 0 aliphatic carbocycles. The number of halogens is 2. The molecule has 1 heterocycles. The van der Waals surface area contributed by atoms with Crippen molar-refractivity contribution < 1.29 is 36.5 Å². The predicted molar refractivity (Wildman–Crippen MR) is 30.2 cm³/mol. The molecule has 0 saturated heterocycles. The molecule has 1 aliphatic heterocycles. The number of nitrogens with zero attached hydrogens (tertiary/aromatic N) is 1. The fourth-order valence-corrected chi connectivity index (χ4v) is 0.425. The normalized spacial score (nSPS) is 14.3. The molecule has 0 fully saturated rings. The van der Waals surface area contributed by atoms with Gasteiger partial charge in [0, 0.05) is 31.8 Å². The van der Waals surface area contributed by atoms with Crippen LogP contribution in [0.2, 0.25) is 0 Å². The van der Waals surface area contributed by atoms with Crippen LogP contribution >= 0.6 is 11.6 Å². The van der Waals surface area contributed by atoms with Crippen molar-refractivity contribution >= 4 is 17.8 Å². The molecule has 0 amide bonds. The van der Waals surface area contributed by atoms with Gasteiger partial charge in [0.25, 0.3) is 0 Å². The molecule has 0 N–H and O–H groups in total. The van der Waals surface area contributed by atoms with Crippen LogP contribution in [0.3, 0.4) is 0 Å². The van der Waals surface area contributed by atoms with E-state index in [1.807, 2.05) is 0 Å². The van der Waals surface area contributed by atoms with Crippen LogP contribution in [0.4, 0.5) is 0 Å². The third-order valence-corrected chi connectivity index (χ3v) is 0.778. The molecule has 0 aromatic rings. The molecule has 4 heteroatoms. The van der Waals surface area contributed by atoms with E-state index in [1.54, 1.807) is 18.4 Å². The van der Waals surface area contributed by atoms with Gasteiger partial charge in [0.2, 0.25) is 5.50 Å². The van der Waals surface area contributed by atoms with Crippen LogP contribution in [-0.2, 0) is 19.5 Å². The Balaban J connectivity index is 0. The van der Waals surface area contributed by atoms with Crippen molar-refractivity contribution in [2.75, 3.05) is 0 Å². The molecule has 1 aliphatic rings. The maximum Gasteiger partial charge on any atom is 0.202 e. The molecule has 1 rings (SSSR count). The van der Waals surface area contributed by atoms with Gasteiger partial charge in [-0.25, -0.2) is 0 Å². The van der Waals surface area contributed by atoms with Crippen LogP contribution in [0, 0.1) is 5.50 Å². The zero-order chi connectivity index (χ0) is 5.11. The van der Waals surface area contributed by atoms with E-state index in [4.69, 9.17) is 11.6 Å². The number of rotatable bonds is 0. The summed E-state index contributed by atoms with van der Waals surface area (Å²) in [5, 5.41) is 0. The molecule has 1 nitrogen and oxygen atoms in total. The van der Waals surface area contributed by atoms with Crippen LogP contribution in [0.25, 0.3) is 0 Å². The van der Waals surface area contributed by atoms with E-state index in [9.17, 15) is 0 Å². The standard InChI is InChI=1S/C5H3ClN.BrH.Zn/c6-5-3-1-2-4-7-5;;/h2-4H;1H;/p-1. The topological polar surface area (TPSA) is 12.4 Å². The van der Waals surface area contributed by atoms with Gasteiger partial charge in [0.15, 0.2) is 0 Å². The minimum atomic E-state index is 0. The van der Waals surface area contributed by atoms with Crippen molar-refractivity contribution in [3.8, 4) is 0 Å². The largest absolute Gasteiger partial charge is 1.00 e. The number of hydrogen-bond acceptors (Lipinski definition) is 1. The van der Waals surface area contributed by atoms with Crippen molar-refractivity contribution in [2.45, 2.75) is 0 Å². The first kappa shape index (κ1) is 12.3. The predicted octanol–water partition coefficient (Wildman–Crippen LogP) is -1.49. The van der Waals surface area contributed by atoms with Crippen LogP contribution in [-0.4, -0.2) is 6.21 Å². The van der Waals surface area contributed by atoms with Crippen molar-refractivity contribution in [3.05, 3.63) is 23.4 Å². The average Bonchev–Trinajstić information content (AvgIpc) is 1.69. The Bertz CT molecular complexity index is 151. The summed E-state index contributed by atoms with van der Waals surface area (Å²) in [6.45, 7) is 0. The van der Waals surface area contributed by atoms with Crippen LogP contribution in [0.1, 0.15) is 0 Å². The van der Waals surface area contributed by atoms with E-state index < -0.39 is 0 Å². The first-order valence-electron chi connectivity index (χ1n) is 1.87. The van der Waals surface area contributed by atoms with E-state index in [-0.39, 0.29) is 36.5 Å². The Morgan fingerprint density at radius 2 is 2.22 bits per heavy atom. The molecular formula is C5H3BrClNZn-. The van der Waals surface area contributed by atoms with Gasteiger partial charge in [0.05, 0.1) is 0 Å². The molecule has 9 heavy (non-hydrogen) atoms. The summed E-state index contributed by atoms with van der Waals surface area (Å²) in [6.07, 6.45) is 4.91. The third-order valence-electron chi connectivity index (χ3n) is 0.571. The molecule has 0 spiro atoms. The molecule has 0 saturated carbocycles. The first-order valence-corrected chi connectivity index (χ1v) is 2.25. The summed E-state index contributed by atoms with van der Waals surface area (Å²) in [5.74, 6) is 0. The molecule has 0 aromatic carbocycles. The van der Waals surface area contributed by atoms with Crippen molar-refractivity contribution in [1.29, 1.82) is 0 Å². The number of hydrogen-bond donors (Lipinski definition) is 0. The van der Waals surface area contributed by atoms with Crippen LogP contribution in [0.15, 0.2) is 22.9 Å². The van der Waals surface area contributed by atoms with Crippen LogP contribution in [0.5, 0.6) is 0 Å². The maximum atomic E-state index is 5.40. The molecular weight excluding hydrogens is 255 g/mol. The smallest absolute Gasteiger partial charge is 0.202 e. The summed E-state index contributed by atoms with van der Waals surface area (Å²) in [5.41, 5.74) is 3.25. The molecule has 0 unspecified atom stereocenters. The van der Waals surface area contributed by atoms with Gasteiger partial charge in [-0.3, -0.25) is 4.99 Å². The molecule has 1 radical (unpaired) electrons. The van der Waals surface area contributed by atoms with Gasteiger partial charge in [-0.15, -0.1) is 5.73 Å². The summed E-state index contributed by atoms with van der Waals surface area (Å²) in [4.78, 5) is 3.71. The quantitative estimate of drug-likeness (QED) is 0.285. The van der Waals surface area contributed by atoms with Gasteiger partial charge in [-0.05, 0) is 6.08 Å². The Hall–Kier alpha value is 0.583. The minimum absolute atomic E-state index is 0. The van der Waals surface area contributed by atoms with Crippen molar-refractivity contribution in [3.63, 3.8) is 0 Å². The maximum absolute atomic E-state index is 5.40. The van der Waals surface area contributed by atoms with Gasteiger partial charge in [0.1, 0.15) is 0 Å². The fourth-order valence-electron chi connectivity index (χ4n) is 0.306. The molecule has 0 atom stereocenters. The van der Waals surface area contributed by atoms with Gasteiger partial charge < -0.3 is 17.0 Å². The summed E-state index contributed by atoms with van der Waals surface area (Å²) in [7, 11) is 0. The van der Waals surface area contributed by atoms with E-state index in [0.29, 0.717) is 5.50 Å². The van der Waals surface area contributed by atoms with E-state index in [1.165, 1.54) is 0 Å². The average molecular weight is 258 g/mol. The fraction of sp³-hybridized carbons (Fsp3) is 0. The summed E-state index contributed by atoms with van der Waals surface area (Å²) in [6, 6.07) is 0. The van der Waals surface area contributed by atoms with Gasteiger partial charge >= 0.3 is 0 Å². The summed E-state index contributed by atoms with van der Waals surface area (Å²) >= 11 is 5.40. The minimum Gasteiger partial charge on any atom is -1.00 e. The SMILES string of the molecule is Cl[C]1C=C=CC=N1.[Br-].[Zn]. The molecule has 45 valence electrons. The Labute approximate surface area is 82.4 Å². The first-order chi connectivity index (χ1) is 3.39.